The molecule has 0 bridgehead atoms. The Bertz CT molecular complexity index is 1250. The largest absolute Gasteiger partial charge is 0.422 e. The van der Waals surface area contributed by atoms with Gasteiger partial charge in [0.1, 0.15) is 11.1 Å². The molecule has 3 aromatic rings. The Labute approximate surface area is 174 Å². The number of anilines is 1. The van der Waals surface area contributed by atoms with Gasteiger partial charge in [0.15, 0.2) is 0 Å². The maximum atomic E-state index is 12.9. The Morgan fingerprint density at radius 1 is 1.10 bits per heavy atom. The lowest BCUT2D eigenvalue weighted by Gasteiger charge is -2.32. The summed E-state index contributed by atoms with van der Waals surface area (Å²) in [4.78, 5) is 24.9. The standard InChI is InChI=1S/C22H22N2O5S/c1-15-6-4-5-13-24(15)30(27,28)18-11-9-17(10-12-18)23-21(25)19-14-16-7-2-3-8-20(16)29-22(19)26/h2-3,7-12,14-15H,4-6,13H2,1H3,(H,23,25)/t15-/m0/s1. The van der Waals surface area contributed by atoms with Gasteiger partial charge in [0.05, 0.1) is 4.90 Å². The van der Waals surface area contributed by atoms with Gasteiger partial charge in [0.25, 0.3) is 5.91 Å². The van der Waals surface area contributed by atoms with E-state index in [1.807, 2.05) is 6.92 Å². The lowest BCUT2D eigenvalue weighted by Crippen LogP contribution is -2.41. The van der Waals surface area contributed by atoms with Gasteiger partial charge in [0.2, 0.25) is 10.0 Å². The maximum Gasteiger partial charge on any atom is 0.349 e. The molecule has 1 amide bonds. The number of hydrogen-bond donors (Lipinski definition) is 1. The first-order valence-electron chi connectivity index (χ1n) is 9.82. The molecule has 156 valence electrons. The van der Waals surface area contributed by atoms with Crippen molar-refractivity contribution in [2.45, 2.75) is 37.1 Å². The number of fused-ring (bicyclic) bond motifs is 1. The predicted molar refractivity (Wildman–Crippen MR) is 114 cm³/mol. The first-order chi connectivity index (χ1) is 14.4. The number of carbonyl (C=O) groups is 1. The van der Waals surface area contributed by atoms with Crippen LogP contribution in [0.2, 0.25) is 0 Å². The van der Waals surface area contributed by atoms with E-state index in [0.717, 1.165) is 19.3 Å². The molecule has 30 heavy (non-hydrogen) atoms. The van der Waals surface area contributed by atoms with Gasteiger partial charge in [-0.3, -0.25) is 4.79 Å². The number of benzene rings is 2. The summed E-state index contributed by atoms with van der Waals surface area (Å²) in [5, 5.41) is 3.26. The molecule has 0 radical (unpaired) electrons. The zero-order valence-electron chi connectivity index (χ0n) is 16.5. The molecule has 0 spiro atoms. The third kappa shape index (κ3) is 3.88. The normalized spacial score (nSPS) is 17.7. The highest BCUT2D eigenvalue weighted by Crippen LogP contribution is 2.26. The lowest BCUT2D eigenvalue weighted by atomic mass is 10.1. The van der Waals surface area contributed by atoms with Crippen LogP contribution in [0.1, 0.15) is 36.5 Å². The predicted octanol–water partition coefficient (Wildman–Crippen LogP) is 3.61. The number of carbonyl (C=O) groups excluding carboxylic acids is 1. The molecule has 2 aromatic carbocycles. The Morgan fingerprint density at radius 3 is 2.57 bits per heavy atom. The fourth-order valence-corrected chi connectivity index (χ4v) is 5.39. The molecule has 2 heterocycles. The van der Waals surface area contributed by atoms with Gasteiger partial charge in [0, 0.05) is 23.7 Å². The number of nitrogens with zero attached hydrogens (tertiary/aromatic N) is 1. The molecule has 8 heteroatoms. The summed E-state index contributed by atoms with van der Waals surface area (Å²) < 4.78 is 32.5. The van der Waals surface area contributed by atoms with E-state index >= 15 is 0 Å². The molecule has 1 saturated heterocycles. The van der Waals surface area contributed by atoms with Crippen molar-refractivity contribution in [3.05, 3.63) is 70.6 Å². The van der Waals surface area contributed by atoms with E-state index in [9.17, 15) is 18.0 Å². The van der Waals surface area contributed by atoms with E-state index in [0.29, 0.717) is 23.2 Å². The number of hydrogen-bond acceptors (Lipinski definition) is 5. The van der Waals surface area contributed by atoms with E-state index in [4.69, 9.17) is 4.42 Å². The fourth-order valence-electron chi connectivity index (χ4n) is 3.69. The van der Waals surface area contributed by atoms with Crippen molar-refractivity contribution in [1.82, 2.24) is 4.31 Å². The Morgan fingerprint density at radius 2 is 1.83 bits per heavy atom. The molecule has 0 saturated carbocycles. The molecular formula is C22H22N2O5S. The number of rotatable bonds is 4. The van der Waals surface area contributed by atoms with Gasteiger partial charge in [-0.15, -0.1) is 0 Å². The van der Waals surface area contributed by atoms with Crippen LogP contribution in [0.5, 0.6) is 0 Å². The number of nitrogens with one attached hydrogen (secondary N) is 1. The summed E-state index contributed by atoms with van der Waals surface area (Å²) in [6.45, 7) is 2.43. The molecule has 4 rings (SSSR count). The quantitative estimate of drug-likeness (QED) is 0.643. The Hall–Kier alpha value is -2.97. The van der Waals surface area contributed by atoms with Crippen molar-refractivity contribution < 1.29 is 17.6 Å². The first-order valence-corrected chi connectivity index (χ1v) is 11.3. The highest BCUT2D eigenvalue weighted by atomic mass is 32.2. The van der Waals surface area contributed by atoms with Gasteiger partial charge in [-0.1, -0.05) is 24.6 Å². The van der Waals surface area contributed by atoms with Crippen LogP contribution in [0, 0.1) is 0 Å². The van der Waals surface area contributed by atoms with Gasteiger partial charge in [-0.05, 0) is 56.2 Å². The first kappa shape index (κ1) is 20.3. The molecule has 1 aliphatic heterocycles. The zero-order chi connectivity index (χ0) is 21.3. The smallest absolute Gasteiger partial charge is 0.349 e. The minimum absolute atomic E-state index is 0.0322. The molecule has 1 fully saturated rings. The molecule has 0 unspecified atom stereocenters. The molecule has 0 aliphatic carbocycles. The van der Waals surface area contributed by atoms with Crippen LogP contribution < -0.4 is 10.9 Å². The van der Waals surface area contributed by atoms with Crippen LogP contribution in [0.3, 0.4) is 0 Å². The number of piperidine rings is 1. The summed E-state index contributed by atoms with van der Waals surface area (Å²) >= 11 is 0. The van der Waals surface area contributed by atoms with E-state index in [-0.39, 0.29) is 16.5 Å². The molecule has 1 atom stereocenters. The zero-order valence-corrected chi connectivity index (χ0v) is 17.3. The summed E-state index contributed by atoms with van der Waals surface area (Å²) in [5.41, 5.74) is -0.0595. The Balaban J connectivity index is 1.54. The fraction of sp³-hybridized carbons (Fsp3) is 0.273. The number of sulfonamides is 1. The molecule has 1 N–H and O–H groups in total. The minimum atomic E-state index is -3.58. The third-order valence-corrected chi connectivity index (χ3v) is 7.37. The highest BCUT2D eigenvalue weighted by Gasteiger charge is 2.30. The summed E-state index contributed by atoms with van der Waals surface area (Å²) in [5.74, 6) is -0.616. The molecule has 7 nitrogen and oxygen atoms in total. The van der Waals surface area contributed by atoms with Crippen molar-refractivity contribution in [2.75, 3.05) is 11.9 Å². The second-order valence-electron chi connectivity index (χ2n) is 7.42. The second kappa shape index (κ2) is 8.04. The minimum Gasteiger partial charge on any atom is -0.422 e. The van der Waals surface area contributed by atoms with Gasteiger partial charge in [-0.25, -0.2) is 13.2 Å². The van der Waals surface area contributed by atoms with E-state index in [2.05, 4.69) is 5.32 Å². The lowest BCUT2D eigenvalue weighted by molar-refractivity contribution is 0.102. The van der Waals surface area contributed by atoms with Crippen molar-refractivity contribution in [1.29, 1.82) is 0 Å². The summed E-state index contributed by atoms with van der Waals surface area (Å²) in [6, 6.07) is 14.3. The van der Waals surface area contributed by atoms with Crippen LogP contribution in [0.15, 0.2) is 68.7 Å². The highest BCUT2D eigenvalue weighted by molar-refractivity contribution is 7.89. The molecule has 1 aliphatic rings. The van der Waals surface area contributed by atoms with Gasteiger partial charge in [-0.2, -0.15) is 4.31 Å². The average molecular weight is 426 g/mol. The van der Waals surface area contributed by atoms with Gasteiger partial charge >= 0.3 is 5.63 Å². The molecular weight excluding hydrogens is 404 g/mol. The van der Waals surface area contributed by atoms with Crippen LogP contribution in [0.4, 0.5) is 5.69 Å². The number of para-hydroxylation sites is 1. The van der Waals surface area contributed by atoms with E-state index < -0.39 is 21.6 Å². The van der Waals surface area contributed by atoms with Crippen molar-refractivity contribution >= 4 is 32.6 Å². The summed E-state index contributed by atoms with van der Waals surface area (Å²) in [6.07, 6.45) is 2.73. The topological polar surface area (TPSA) is 96.7 Å². The number of amides is 1. The van der Waals surface area contributed by atoms with Crippen molar-refractivity contribution in [3.63, 3.8) is 0 Å². The van der Waals surface area contributed by atoms with Crippen LogP contribution in [-0.4, -0.2) is 31.2 Å². The summed E-state index contributed by atoms with van der Waals surface area (Å²) in [7, 11) is -3.58. The van der Waals surface area contributed by atoms with Crippen LogP contribution in [0.25, 0.3) is 11.0 Å². The SMILES string of the molecule is C[C@H]1CCCCN1S(=O)(=O)c1ccc(NC(=O)c2cc3ccccc3oc2=O)cc1. The van der Waals surface area contributed by atoms with Gasteiger partial charge < -0.3 is 9.73 Å². The van der Waals surface area contributed by atoms with Crippen LogP contribution in [-0.2, 0) is 10.0 Å². The second-order valence-corrected chi connectivity index (χ2v) is 9.31. The Kier molecular flexibility index (Phi) is 5.44. The third-order valence-electron chi connectivity index (χ3n) is 5.35. The van der Waals surface area contributed by atoms with Crippen LogP contribution >= 0.6 is 0 Å². The maximum absolute atomic E-state index is 12.9. The molecule has 1 aromatic heterocycles. The van der Waals surface area contributed by atoms with Crippen molar-refractivity contribution in [3.8, 4) is 0 Å². The average Bonchev–Trinajstić information content (AvgIpc) is 2.73. The monoisotopic (exact) mass is 426 g/mol. The van der Waals surface area contributed by atoms with E-state index in [1.54, 1.807) is 24.3 Å². The van der Waals surface area contributed by atoms with Crippen molar-refractivity contribution in [2.24, 2.45) is 0 Å². The van der Waals surface area contributed by atoms with E-state index in [1.165, 1.54) is 34.6 Å².